The number of hydrogen-bond acceptors (Lipinski definition) is 1. The summed E-state index contributed by atoms with van der Waals surface area (Å²) in [6.07, 6.45) is 0. The van der Waals surface area contributed by atoms with E-state index in [0.29, 0.717) is 11.4 Å². The topological polar surface area (TPSA) is 29.1 Å². The summed E-state index contributed by atoms with van der Waals surface area (Å²) < 4.78 is 26.7. The van der Waals surface area contributed by atoms with Crippen LogP contribution in [0.15, 0.2) is 18.2 Å². The van der Waals surface area contributed by atoms with Crippen molar-refractivity contribution >= 4 is 16.7 Å². The first-order valence-electron chi connectivity index (χ1n) is 4.04. The van der Waals surface area contributed by atoms with E-state index in [9.17, 15) is 8.60 Å². The Morgan fingerprint density at radius 3 is 2.85 bits per heavy atom. The van der Waals surface area contributed by atoms with Crippen LogP contribution in [0.25, 0.3) is 0 Å². The molecule has 1 atom stereocenters. The van der Waals surface area contributed by atoms with E-state index in [0.717, 1.165) is 5.56 Å². The van der Waals surface area contributed by atoms with Crippen LogP contribution in [0.3, 0.4) is 0 Å². The van der Waals surface area contributed by atoms with Gasteiger partial charge in [-0.15, -0.1) is 0 Å². The molecule has 0 aliphatic rings. The van der Waals surface area contributed by atoms with Gasteiger partial charge in [0.1, 0.15) is 16.8 Å². The van der Waals surface area contributed by atoms with Gasteiger partial charge < -0.3 is 4.72 Å². The highest BCUT2D eigenvalue weighted by molar-refractivity contribution is 7.86. The minimum atomic E-state index is -1.19. The standard InChI is InChI=1S/C9H12FNOS/c1-3-13(12)11-9-6-7(2)4-5-8(9)10/h4-6,11H,3H2,1-2H3. The number of halogens is 1. The van der Waals surface area contributed by atoms with Gasteiger partial charge in [0.25, 0.3) is 0 Å². The summed E-state index contributed by atoms with van der Waals surface area (Å²) in [6, 6.07) is 4.68. The molecule has 72 valence electrons. The van der Waals surface area contributed by atoms with E-state index in [4.69, 9.17) is 0 Å². The molecule has 13 heavy (non-hydrogen) atoms. The summed E-state index contributed by atoms with van der Waals surface area (Å²) in [5.41, 5.74) is 1.25. The van der Waals surface area contributed by atoms with E-state index in [1.54, 1.807) is 19.1 Å². The van der Waals surface area contributed by atoms with Gasteiger partial charge in [0, 0.05) is 5.75 Å². The van der Waals surface area contributed by atoms with Crippen LogP contribution in [0.2, 0.25) is 0 Å². The lowest BCUT2D eigenvalue weighted by Gasteiger charge is -2.05. The summed E-state index contributed by atoms with van der Waals surface area (Å²) in [5, 5.41) is 0. The van der Waals surface area contributed by atoms with Crippen LogP contribution >= 0.6 is 0 Å². The number of benzene rings is 1. The van der Waals surface area contributed by atoms with Crippen LogP contribution in [0, 0.1) is 12.7 Å². The molecule has 0 fully saturated rings. The highest BCUT2D eigenvalue weighted by Gasteiger charge is 2.03. The molecular formula is C9H12FNOS. The van der Waals surface area contributed by atoms with Gasteiger partial charge in [0.15, 0.2) is 0 Å². The fourth-order valence-corrected chi connectivity index (χ4v) is 1.46. The SMILES string of the molecule is CCS(=O)Nc1cc(C)ccc1F. The molecule has 0 saturated heterocycles. The van der Waals surface area contributed by atoms with Crippen LogP contribution < -0.4 is 4.72 Å². The van der Waals surface area contributed by atoms with Gasteiger partial charge in [-0.2, -0.15) is 0 Å². The first-order valence-corrected chi connectivity index (χ1v) is 5.36. The highest BCUT2D eigenvalue weighted by Crippen LogP contribution is 2.15. The summed E-state index contributed by atoms with van der Waals surface area (Å²) in [7, 11) is -1.19. The monoisotopic (exact) mass is 201 g/mol. The Morgan fingerprint density at radius 1 is 1.54 bits per heavy atom. The zero-order valence-corrected chi connectivity index (χ0v) is 8.45. The molecule has 0 radical (unpaired) electrons. The zero-order chi connectivity index (χ0) is 9.84. The van der Waals surface area contributed by atoms with Crippen LogP contribution in [-0.4, -0.2) is 9.96 Å². The van der Waals surface area contributed by atoms with Crippen molar-refractivity contribution in [1.29, 1.82) is 0 Å². The lowest BCUT2D eigenvalue weighted by molar-refractivity contribution is 0.631. The van der Waals surface area contributed by atoms with Crippen molar-refractivity contribution in [3.05, 3.63) is 29.6 Å². The van der Waals surface area contributed by atoms with Crippen molar-refractivity contribution in [2.75, 3.05) is 10.5 Å². The molecule has 0 aliphatic carbocycles. The van der Waals surface area contributed by atoms with E-state index >= 15 is 0 Å². The lowest BCUT2D eigenvalue weighted by atomic mass is 10.2. The van der Waals surface area contributed by atoms with Crippen molar-refractivity contribution in [3.8, 4) is 0 Å². The second-order valence-corrected chi connectivity index (χ2v) is 4.19. The molecule has 1 unspecified atom stereocenters. The third-order valence-electron chi connectivity index (χ3n) is 1.61. The molecule has 1 aromatic rings. The Kier molecular flexibility index (Phi) is 3.42. The maximum atomic E-state index is 13.1. The minimum absolute atomic E-state index is 0.306. The molecule has 0 amide bonds. The molecule has 0 aliphatic heterocycles. The predicted molar refractivity (Wildman–Crippen MR) is 53.4 cm³/mol. The Morgan fingerprint density at radius 2 is 2.23 bits per heavy atom. The molecule has 4 heteroatoms. The van der Waals surface area contributed by atoms with Gasteiger partial charge >= 0.3 is 0 Å². The molecule has 2 nitrogen and oxygen atoms in total. The second kappa shape index (κ2) is 4.37. The quantitative estimate of drug-likeness (QED) is 0.798. The number of rotatable bonds is 3. The largest absolute Gasteiger partial charge is 0.302 e. The van der Waals surface area contributed by atoms with Gasteiger partial charge in [-0.05, 0) is 24.6 Å². The summed E-state index contributed by atoms with van der Waals surface area (Å²) >= 11 is 0. The first-order chi connectivity index (χ1) is 6.13. The molecule has 0 saturated carbocycles. The van der Waals surface area contributed by atoms with Gasteiger partial charge in [-0.3, -0.25) is 0 Å². The maximum Gasteiger partial charge on any atom is 0.147 e. The number of hydrogen-bond donors (Lipinski definition) is 1. The van der Waals surface area contributed by atoms with Crippen molar-refractivity contribution < 1.29 is 8.60 Å². The van der Waals surface area contributed by atoms with Gasteiger partial charge in [0.05, 0.1) is 5.69 Å². The smallest absolute Gasteiger partial charge is 0.147 e. The summed E-state index contributed by atoms with van der Waals surface area (Å²) in [4.78, 5) is 0. The number of nitrogens with one attached hydrogen (secondary N) is 1. The number of aryl methyl sites for hydroxylation is 1. The zero-order valence-electron chi connectivity index (χ0n) is 7.63. The van der Waals surface area contributed by atoms with E-state index in [1.165, 1.54) is 6.07 Å². The fraction of sp³-hybridized carbons (Fsp3) is 0.333. The van der Waals surface area contributed by atoms with E-state index in [-0.39, 0.29) is 5.82 Å². The number of anilines is 1. The molecular weight excluding hydrogens is 189 g/mol. The van der Waals surface area contributed by atoms with E-state index < -0.39 is 11.0 Å². The van der Waals surface area contributed by atoms with Gasteiger partial charge in [0.2, 0.25) is 0 Å². The maximum absolute atomic E-state index is 13.1. The summed E-state index contributed by atoms with van der Waals surface area (Å²) in [5.74, 6) is 0.0975. The molecule has 0 spiro atoms. The molecule has 1 aromatic carbocycles. The molecule has 1 N–H and O–H groups in total. The van der Waals surface area contributed by atoms with Gasteiger partial charge in [-0.1, -0.05) is 13.0 Å². The third-order valence-corrected chi connectivity index (χ3v) is 2.58. The second-order valence-electron chi connectivity index (χ2n) is 2.72. The van der Waals surface area contributed by atoms with Crippen LogP contribution in [0.5, 0.6) is 0 Å². The van der Waals surface area contributed by atoms with Crippen molar-refractivity contribution in [2.45, 2.75) is 13.8 Å². The third kappa shape index (κ3) is 2.81. The normalized spacial score (nSPS) is 12.5. The Balaban J connectivity index is 2.87. The van der Waals surface area contributed by atoms with Crippen molar-refractivity contribution in [3.63, 3.8) is 0 Å². The van der Waals surface area contributed by atoms with Crippen molar-refractivity contribution in [2.24, 2.45) is 0 Å². The molecule has 0 bridgehead atoms. The van der Waals surface area contributed by atoms with Crippen LogP contribution in [0.4, 0.5) is 10.1 Å². The minimum Gasteiger partial charge on any atom is -0.302 e. The average Bonchev–Trinajstić information content (AvgIpc) is 2.11. The lowest BCUT2D eigenvalue weighted by Crippen LogP contribution is -2.07. The summed E-state index contributed by atoms with van der Waals surface area (Å²) in [6.45, 7) is 3.64. The first kappa shape index (κ1) is 10.2. The Bertz CT molecular complexity index is 327. The van der Waals surface area contributed by atoms with E-state index in [1.807, 2.05) is 6.92 Å². The van der Waals surface area contributed by atoms with Crippen LogP contribution in [0.1, 0.15) is 12.5 Å². The molecule has 0 heterocycles. The molecule has 1 rings (SSSR count). The Hall–Kier alpha value is -0.900. The van der Waals surface area contributed by atoms with Gasteiger partial charge in [-0.25, -0.2) is 8.60 Å². The molecule has 0 aromatic heterocycles. The van der Waals surface area contributed by atoms with Crippen LogP contribution in [-0.2, 0) is 11.0 Å². The average molecular weight is 201 g/mol. The fourth-order valence-electron chi connectivity index (χ4n) is 0.912. The predicted octanol–water partition coefficient (Wildman–Crippen LogP) is 2.23. The Labute approximate surface area is 79.8 Å². The highest BCUT2D eigenvalue weighted by atomic mass is 32.2. The van der Waals surface area contributed by atoms with E-state index in [2.05, 4.69) is 4.72 Å². The van der Waals surface area contributed by atoms with Crippen molar-refractivity contribution in [1.82, 2.24) is 0 Å².